The third-order valence-electron chi connectivity index (χ3n) is 6.13. The summed E-state index contributed by atoms with van der Waals surface area (Å²) < 4.78 is 68.8. The third kappa shape index (κ3) is 17.5. The zero-order chi connectivity index (χ0) is 38.3. The van der Waals surface area contributed by atoms with Crippen molar-refractivity contribution in [2.24, 2.45) is 5.73 Å². The average molecular weight is 719 g/mol. The van der Waals surface area contributed by atoms with Gasteiger partial charge >= 0.3 is 36.4 Å². The van der Waals surface area contributed by atoms with Gasteiger partial charge in [-0.05, 0) is 32.6 Å². The molecule has 0 spiro atoms. The largest absolute Gasteiger partial charge is 0.490 e. The van der Waals surface area contributed by atoms with Crippen LogP contribution >= 0.6 is 0 Å². The molecule has 22 heteroatoms. The highest BCUT2D eigenvalue weighted by atomic mass is 19.4. The minimum absolute atomic E-state index is 0.0693. The summed E-state index contributed by atoms with van der Waals surface area (Å²) >= 11 is 0. The van der Waals surface area contributed by atoms with E-state index in [-0.39, 0.29) is 18.3 Å². The van der Waals surface area contributed by atoms with Crippen molar-refractivity contribution in [2.75, 3.05) is 34.2 Å². The Kier molecular flexibility index (Phi) is 17.6. The van der Waals surface area contributed by atoms with Gasteiger partial charge < -0.3 is 46.2 Å². The number of rotatable bonds is 12. The number of nitrogens with zero attached hydrogens (tertiary/aromatic N) is 2. The van der Waals surface area contributed by atoms with Crippen LogP contribution in [0.5, 0.6) is 0 Å². The molecule has 0 bridgehead atoms. The number of alkyl halides is 6. The minimum Gasteiger partial charge on any atom is -0.481 e. The Balaban J connectivity index is 0.00000137. The van der Waals surface area contributed by atoms with E-state index in [0.717, 1.165) is 12.1 Å². The molecule has 16 nitrogen and oxygen atoms in total. The van der Waals surface area contributed by atoms with Gasteiger partial charge in [-0.3, -0.25) is 19.8 Å². The molecule has 0 saturated carbocycles. The van der Waals surface area contributed by atoms with Gasteiger partial charge in [-0.15, -0.1) is 0 Å². The van der Waals surface area contributed by atoms with Crippen LogP contribution in [0.3, 0.4) is 0 Å². The number of carboxylic acids is 3. The molecule has 0 aromatic heterocycles. The number of amides is 3. The average Bonchev–Trinajstić information content (AvgIpc) is 2.96. The molecule has 0 radical (unpaired) electrons. The van der Waals surface area contributed by atoms with Crippen molar-refractivity contribution < 1.29 is 75.2 Å². The summed E-state index contributed by atoms with van der Waals surface area (Å²) in [5.74, 6) is -7.98. The molecular weight excluding hydrogens is 682 g/mol. The van der Waals surface area contributed by atoms with E-state index in [4.69, 9.17) is 40.8 Å². The number of carbonyl (C=O) groups excluding carboxylic acids is 3. The lowest BCUT2D eigenvalue weighted by Gasteiger charge is -2.36. The summed E-state index contributed by atoms with van der Waals surface area (Å²) in [5, 5.41) is 36.0. The molecule has 1 aromatic rings. The van der Waals surface area contributed by atoms with Crippen LogP contribution in [0.15, 0.2) is 24.3 Å². The third-order valence-corrected chi connectivity index (χ3v) is 6.13. The van der Waals surface area contributed by atoms with Crippen LogP contribution in [0, 0.1) is 5.41 Å². The topological polar surface area (TPSA) is 253 Å². The highest BCUT2D eigenvalue weighted by Crippen LogP contribution is 2.32. The van der Waals surface area contributed by atoms with Gasteiger partial charge in [0.25, 0.3) is 0 Å². The molecule has 1 aliphatic rings. The number of hydrogen-bond acceptors (Lipinski definition) is 9. The number of cyclic esters (lactones) is 1. The normalized spacial score (nSPS) is 16.4. The van der Waals surface area contributed by atoms with Crippen molar-refractivity contribution in [1.29, 1.82) is 5.41 Å². The van der Waals surface area contributed by atoms with E-state index in [2.05, 4.69) is 10.6 Å². The second-order valence-electron chi connectivity index (χ2n) is 10.4. The van der Waals surface area contributed by atoms with E-state index in [0.29, 0.717) is 24.9 Å². The van der Waals surface area contributed by atoms with Crippen LogP contribution in [0.2, 0.25) is 0 Å². The second kappa shape index (κ2) is 19.6. The summed E-state index contributed by atoms with van der Waals surface area (Å²) in [5.41, 5.74) is 6.84. The molecule has 3 atom stereocenters. The molecule has 0 unspecified atom stereocenters. The van der Waals surface area contributed by atoms with Gasteiger partial charge in [0, 0.05) is 25.6 Å². The Bertz CT molecular complexity index is 1300. The number of halogens is 6. The SMILES string of the molecule is CN(C)CCCNC(=O)[C@@H](CC(=O)O)NC(=O)C[C@H]1C[C@@H](c2ccc(C(=N)N)cc2)N(C)C(=O)O1.O=C(O)C(F)(F)F.O=C(O)C(F)(F)F. The molecule has 1 fully saturated rings. The Hall–Kier alpha value is -5.15. The molecule has 276 valence electrons. The van der Waals surface area contributed by atoms with Crippen LogP contribution < -0.4 is 16.4 Å². The molecule has 2 rings (SSSR count). The summed E-state index contributed by atoms with van der Waals surface area (Å²) in [6.07, 6.45) is -11.3. The number of aliphatic carboxylic acids is 3. The number of benzene rings is 1. The van der Waals surface area contributed by atoms with Crippen molar-refractivity contribution in [3.8, 4) is 0 Å². The maximum atomic E-state index is 12.6. The smallest absolute Gasteiger partial charge is 0.481 e. The van der Waals surface area contributed by atoms with E-state index >= 15 is 0 Å². The van der Waals surface area contributed by atoms with Crippen LogP contribution in [0.4, 0.5) is 31.1 Å². The monoisotopic (exact) mass is 718 g/mol. The summed E-state index contributed by atoms with van der Waals surface area (Å²) in [7, 11) is 5.39. The molecule has 8 N–H and O–H groups in total. The second-order valence-corrected chi connectivity index (χ2v) is 10.4. The number of hydrogen-bond donors (Lipinski definition) is 7. The fraction of sp³-hybridized carbons (Fsp3) is 0.519. The van der Waals surface area contributed by atoms with E-state index in [9.17, 15) is 45.5 Å². The van der Waals surface area contributed by atoms with Gasteiger partial charge in [0.2, 0.25) is 11.8 Å². The number of carboxylic acid groups (broad SMARTS) is 3. The predicted octanol–water partition coefficient (Wildman–Crippen LogP) is 1.54. The van der Waals surface area contributed by atoms with E-state index in [1.54, 1.807) is 31.3 Å². The van der Waals surface area contributed by atoms with Gasteiger partial charge in [0.05, 0.1) is 18.9 Å². The Morgan fingerprint density at radius 2 is 1.51 bits per heavy atom. The van der Waals surface area contributed by atoms with Gasteiger partial charge in [-0.2, -0.15) is 26.3 Å². The van der Waals surface area contributed by atoms with E-state index in [1.165, 1.54) is 4.90 Å². The number of nitrogen functional groups attached to an aromatic ring is 1. The summed E-state index contributed by atoms with van der Waals surface area (Å²) in [4.78, 5) is 69.9. The van der Waals surface area contributed by atoms with Crippen molar-refractivity contribution in [2.45, 2.75) is 56.2 Å². The maximum absolute atomic E-state index is 12.6. The number of ether oxygens (including phenoxy) is 1. The van der Waals surface area contributed by atoms with E-state index in [1.807, 2.05) is 19.0 Å². The number of amidine groups is 1. The van der Waals surface area contributed by atoms with Gasteiger partial charge in [-0.25, -0.2) is 14.4 Å². The molecule has 1 aromatic carbocycles. The molecular formula is C27H36F6N6O10. The fourth-order valence-corrected chi connectivity index (χ4v) is 3.75. The number of nitrogens with two attached hydrogens (primary N) is 1. The van der Waals surface area contributed by atoms with Crippen molar-refractivity contribution in [1.82, 2.24) is 20.4 Å². The minimum atomic E-state index is -5.08. The molecule has 49 heavy (non-hydrogen) atoms. The number of carbonyl (C=O) groups is 6. The first-order chi connectivity index (χ1) is 22.4. The van der Waals surface area contributed by atoms with Crippen molar-refractivity contribution in [3.63, 3.8) is 0 Å². The lowest BCUT2D eigenvalue weighted by molar-refractivity contribution is -0.193. The van der Waals surface area contributed by atoms with Crippen LogP contribution in [0.25, 0.3) is 0 Å². The van der Waals surface area contributed by atoms with Crippen LogP contribution in [-0.2, 0) is 28.7 Å². The van der Waals surface area contributed by atoms with Crippen LogP contribution in [0.1, 0.15) is 42.9 Å². The van der Waals surface area contributed by atoms with Crippen molar-refractivity contribution >= 4 is 41.7 Å². The predicted molar refractivity (Wildman–Crippen MR) is 155 cm³/mol. The Morgan fingerprint density at radius 1 is 1.02 bits per heavy atom. The summed E-state index contributed by atoms with van der Waals surface area (Å²) in [6.45, 7) is 1.09. The zero-order valence-corrected chi connectivity index (χ0v) is 26.2. The Morgan fingerprint density at radius 3 is 1.92 bits per heavy atom. The quantitative estimate of drug-likeness (QED) is 0.0704. The molecule has 1 heterocycles. The first kappa shape index (κ1) is 43.8. The van der Waals surface area contributed by atoms with Crippen LogP contribution in [-0.4, -0.2) is 126 Å². The highest BCUT2D eigenvalue weighted by molar-refractivity contribution is 5.95. The molecule has 1 saturated heterocycles. The van der Waals surface area contributed by atoms with Gasteiger partial charge in [0.15, 0.2) is 0 Å². The lowest BCUT2D eigenvalue weighted by atomic mass is 9.95. The van der Waals surface area contributed by atoms with Gasteiger partial charge in [-0.1, -0.05) is 24.3 Å². The summed E-state index contributed by atoms with van der Waals surface area (Å²) in [6, 6.07) is 5.27. The zero-order valence-electron chi connectivity index (χ0n) is 26.2. The first-order valence-electron chi connectivity index (χ1n) is 13.8. The first-order valence-corrected chi connectivity index (χ1v) is 13.8. The van der Waals surface area contributed by atoms with Crippen molar-refractivity contribution in [3.05, 3.63) is 35.4 Å². The standard InChI is InChI=1S/C23H34N6O6.2C2HF3O2/c1-28(2)10-4-9-26-22(33)17(13-20(31)32)27-19(30)12-16-11-18(29(3)23(34)35-16)14-5-7-15(8-6-14)21(24)25;2*3-2(4,5)1(6)7/h5-8,16-18H,4,9-13H2,1-3H3,(H3,24,25)(H,26,33)(H,27,30)(H,31,32);2*(H,6,7)/t16-,17-,18+;;/m1../s1. The number of nitrogens with one attached hydrogen (secondary N) is 3. The van der Waals surface area contributed by atoms with Gasteiger partial charge in [0.1, 0.15) is 18.0 Å². The molecule has 1 aliphatic heterocycles. The molecule has 0 aliphatic carbocycles. The Labute approximate surface area is 274 Å². The lowest BCUT2D eigenvalue weighted by Crippen LogP contribution is -2.49. The fourth-order valence-electron chi connectivity index (χ4n) is 3.75. The molecule has 3 amide bonds. The highest BCUT2D eigenvalue weighted by Gasteiger charge is 2.39. The maximum Gasteiger partial charge on any atom is 0.490 e. The van der Waals surface area contributed by atoms with E-state index < -0.39 is 66.7 Å².